The van der Waals surface area contributed by atoms with E-state index >= 15 is 0 Å². The summed E-state index contributed by atoms with van der Waals surface area (Å²) in [7, 11) is 0. The molecule has 0 aliphatic carbocycles. The molecule has 0 radical (unpaired) electrons. The smallest absolute Gasteiger partial charge is 0.278 e. The Labute approximate surface area is 58.9 Å². The summed E-state index contributed by atoms with van der Waals surface area (Å²) < 4.78 is 59.1. The van der Waals surface area contributed by atoms with Gasteiger partial charge >= 0.3 is 6.18 Å². The molecule has 64 valence electrons. The predicted molar refractivity (Wildman–Crippen MR) is 27.9 cm³/mol. The summed E-state index contributed by atoms with van der Waals surface area (Å²) in [6.45, 7) is -1.04. The maximum atomic E-state index is 12.1. The van der Waals surface area contributed by atoms with Crippen LogP contribution in [0.4, 0.5) is 22.0 Å². The fourth-order valence-corrected chi connectivity index (χ4v) is 0.758. The average molecular weight is 173 g/mol. The summed E-state index contributed by atoms with van der Waals surface area (Å²) in [5.74, 6) is -3.30. The van der Waals surface area contributed by atoms with Gasteiger partial charge in [0.1, 0.15) is 12.3 Å². The summed E-state index contributed by atoms with van der Waals surface area (Å²) >= 11 is 0. The van der Waals surface area contributed by atoms with E-state index in [1.165, 1.54) is 0 Å². The van der Waals surface area contributed by atoms with Crippen LogP contribution in [0.15, 0.2) is 4.99 Å². The first-order valence-corrected chi connectivity index (χ1v) is 2.80. The van der Waals surface area contributed by atoms with Crippen molar-refractivity contribution < 1.29 is 22.0 Å². The van der Waals surface area contributed by atoms with E-state index in [2.05, 4.69) is 4.99 Å². The lowest BCUT2D eigenvalue weighted by Crippen LogP contribution is -2.25. The van der Waals surface area contributed by atoms with E-state index in [9.17, 15) is 22.0 Å². The van der Waals surface area contributed by atoms with Crippen molar-refractivity contribution >= 4 is 5.71 Å². The first-order chi connectivity index (χ1) is 4.81. The fraction of sp³-hybridized carbons (Fsp3) is 0.800. The molecule has 0 spiro atoms. The Morgan fingerprint density at radius 1 is 1.27 bits per heavy atom. The maximum Gasteiger partial charge on any atom is 0.429 e. The van der Waals surface area contributed by atoms with Gasteiger partial charge in [-0.25, -0.2) is 8.78 Å². The summed E-state index contributed by atoms with van der Waals surface area (Å²) in [6, 6.07) is 0. The van der Waals surface area contributed by atoms with Gasteiger partial charge in [-0.1, -0.05) is 0 Å². The van der Waals surface area contributed by atoms with Crippen LogP contribution in [0.25, 0.3) is 0 Å². The molecule has 0 aromatic heterocycles. The highest BCUT2D eigenvalue weighted by atomic mass is 19.4. The molecule has 0 amide bonds. The molecule has 1 nitrogen and oxygen atoms in total. The van der Waals surface area contributed by atoms with E-state index in [4.69, 9.17) is 0 Å². The lowest BCUT2D eigenvalue weighted by Gasteiger charge is -2.07. The first-order valence-electron chi connectivity index (χ1n) is 2.80. The minimum Gasteiger partial charge on any atom is -0.278 e. The Morgan fingerprint density at radius 3 is 2.00 bits per heavy atom. The van der Waals surface area contributed by atoms with Gasteiger partial charge in [-0.3, -0.25) is 4.99 Å². The highest BCUT2D eigenvalue weighted by Crippen LogP contribution is 2.32. The molecule has 0 aromatic rings. The van der Waals surface area contributed by atoms with Crippen LogP contribution in [0.1, 0.15) is 6.42 Å². The van der Waals surface area contributed by atoms with Crippen LogP contribution in [-0.2, 0) is 0 Å². The number of hydrogen-bond donors (Lipinski definition) is 0. The molecule has 1 heterocycles. The molecule has 0 aromatic carbocycles. The van der Waals surface area contributed by atoms with Crippen molar-refractivity contribution in [3.8, 4) is 0 Å². The largest absolute Gasteiger partial charge is 0.429 e. The highest BCUT2D eigenvalue weighted by molar-refractivity contribution is 5.91. The van der Waals surface area contributed by atoms with Gasteiger partial charge in [-0.05, 0) is 0 Å². The van der Waals surface area contributed by atoms with Crippen molar-refractivity contribution in [2.24, 2.45) is 4.99 Å². The van der Waals surface area contributed by atoms with Gasteiger partial charge in [-0.2, -0.15) is 13.2 Å². The van der Waals surface area contributed by atoms with Crippen molar-refractivity contribution in [3.63, 3.8) is 0 Å². The molecule has 1 aliphatic heterocycles. The SMILES string of the molecule is FC1(F)CN=C(C(F)(F)F)C1. The van der Waals surface area contributed by atoms with Crippen molar-refractivity contribution in [2.45, 2.75) is 18.5 Å². The molecule has 0 bridgehead atoms. The topological polar surface area (TPSA) is 12.4 Å². The molecule has 0 saturated carbocycles. The van der Waals surface area contributed by atoms with Crippen LogP contribution in [0.2, 0.25) is 0 Å². The van der Waals surface area contributed by atoms with Gasteiger partial charge in [0.15, 0.2) is 0 Å². The summed E-state index contributed by atoms with van der Waals surface area (Å²) in [4.78, 5) is 2.70. The van der Waals surface area contributed by atoms with Crippen molar-refractivity contribution in [3.05, 3.63) is 0 Å². The van der Waals surface area contributed by atoms with Crippen molar-refractivity contribution in [1.82, 2.24) is 0 Å². The minimum absolute atomic E-state index is 1.04. The quantitative estimate of drug-likeness (QED) is 0.497. The lowest BCUT2D eigenvalue weighted by molar-refractivity contribution is -0.0637. The van der Waals surface area contributed by atoms with Crippen LogP contribution in [0.3, 0.4) is 0 Å². The van der Waals surface area contributed by atoms with E-state index in [1.54, 1.807) is 0 Å². The molecule has 1 rings (SSSR count). The van der Waals surface area contributed by atoms with Gasteiger partial charge in [0.25, 0.3) is 5.92 Å². The third-order valence-electron chi connectivity index (χ3n) is 1.25. The second kappa shape index (κ2) is 2.15. The number of alkyl halides is 5. The summed E-state index contributed by atoms with van der Waals surface area (Å²) in [6.07, 6.45) is -5.98. The number of aliphatic imine (C=N–C) groups is 1. The first kappa shape index (κ1) is 8.42. The van der Waals surface area contributed by atoms with E-state index < -0.39 is 30.8 Å². The van der Waals surface area contributed by atoms with Gasteiger partial charge < -0.3 is 0 Å². The van der Waals surface area contributed by atoms with Crippen LogP contribution >= 0.6 is 0 Å². The van der Waals surface area contributed by atoms with Crippen molar-refractivity contribution in [2.75, 3.05) is 6.54 Å². The zero-order valence-corrected chi connectivity index (χ0v) is 5.25. The zero-order valence-electron chi connectivity index (χ0n) is 5.25. The van der Waals surface area contributed by atoms with Gasteiger partial charge in [0.05, 0.1) is 6.42 Å². The third kappa shape index (κ3) is 1.87. The van der Waals surface area contributed by atoms with Crippen LogP contribution in [0.5, 0.6) is 0 Å². The molecule has 0 fully saturated rings. The Balaban J connectivity index is 2.68. The Bertz CT molecular complexity index is 192. The predicted octanol–water partition coefficient (Wildman–Crippen LogP) is 2.03. The standard InChI is InChI=1S/C5H4F5N/c6-4(7)1-3(11-2-4)5(8,9)10/h1-2H2. The molecule has 0 saturated heterocycles. The lowest BCUT2D eigenvalue weighted by atomic mass is 10.2. The molecule has 0 unspecified atom stereocenters. The minimum atomic E-state index is -4.69. The summed E-state index contributed by atoms with van der Waals surface area (Å²) in [5.41, 5.74) is -1.36. The number of rotatable bonds is 0. The van der Waals surface area contributed by atoms with Gasteiger partial charge in [0, 0.05) is 0 Å². The van der Waals surface area contributed by atoms with Gasteiger partial charge in [0.2, 0.25) is 0 Å². The van der Waals surface area contributed by atoms with E-state index in [1.807, 2.05) is 0 Å². The van der Waals surface area contributed by atoms with E-state index in [-0.39, 0.29) is 0 Å². The molecule has 1 aliphatic rings. The summed E-state index contributed by atoms with van der Waals surface area (Å²) in [5, 5.41) is 0. The molecular weight excluding hydrogens is 169 g/mol. The Hall–Kier alpha value is -0.680. The molecular formula is C5H4F5N. The normalized spacial score (nSPS) is 23.5. The van der Waals surface area contributed by atoms with Crippen LogP contribution in [-0.4, -0.2) is 24.4 Å². The maximum absolute atomic E-state index is 12.1. The molecule has 0 atom stereocenters. The van der Waals surface area contributed by atoms with Crippen molar-refractivity contribution in [1.29, 1.82) is 0 Å². The Morgan fingerprint density at radius 2 is 1.82 bits per heavy atom. The van der Waals surface area contributed by atoms with Crippen LogP contribution in [0, 0.1) is 0 Å². The number of nitrogens with zero attached hydrogens (tertiary/aromatic N) is 1. The van der Waals surface area contributed by atoms with Gasteiger partial charge in [-0.15, -0.1) is 0 Å². The Kier molecular flexibility index (Phi) is 1.65. The molecule has 11 heavy (non-hydrogen) atoms. The zero-order chi connectivity index (χ0) is 8.70. The van der Waals surface area contributed by atoms with E-state index in [0.717, 1.165) is 0 Å². The second-order valence-corrected chi connectivity index (χ2v) is 2.29. The number of halogens is 5. The monoisotopic (exact) mass is 173 g/mol. The fourth-order valence-electron chi connectivity index (χ4n) is 0.758. The van der Waals surface area contributed by atoms with Crippen LogP contribution < -0.4 is 0 Å². The van der Waals surface area contributed by atoms with E-state index in [0.29, 0.717) is 0 Å². The third-order valence-corrected chi connectivity index (χ3v) is 1.25. The highest BCUT2D eigenvalue weighted by Gasteiger charge is 2.47. The molecule has 0 N–H and O–H groups in total. The number of hydrogen-bond acceptors (Lipinski definition) is 1. The molecule has 6 heteroatoms. The average Bonchev–Trinajstić information content (AvgIpc) is 2.07. The second-order valence-electron chi connectivity index (χ2n) is 2.29.